The summed E-state index contributed by atoms with van der Waals surface area (Å²) < 4.78 is 5.08. The van der Waals surface area contributed by atoms with Gasteiger partial charge in [-0.2, -0.15) is 0 Å². The minimum Gasteiger partial charge on any atom is -0.497 e. The third-order valence-corrected chi connectivity index (χ3v) is 3.87. The second-order valence-corrected chi connectivity index (χ2v) is 5.90. The molecular formula is C19H24N2O3. The molecule has 24 heavy (non-hydrogen) atoms. The van der Waals surface area contributed by atoms with Gasteiger partial charge in [-0.25, -0.2) is 4.79 Å². The second-order valence-electron chi connectivity index (χ2n) is 5.90. The molecule has 0 aliphatic rings. The van der Waals surface area contributed by atoms with Crippen LogP contribution in [-0.4, -0.2) is 24.8 Å². The number of nitrogens with one attached hydrogen (secondary N) is 2. The van der Waals surface area contributed by atoms with Crippen molar-refractivity contribution in [2.45, 2.75) is 26.9 Å². The number of aliphatic hydroxyl groups excluding tert-OH is 1. The van der Waals surface area contributed by atoms with E-state index in [1.165, 1.54) is 0 Å². The summed E-state index contributed by atoms with van der Waals surface area (Å²) in [6, 6.07) is 10.8. The Bertz CT molecular complexity index is 688. The Morgan fingerprint density at radius 1 is 1.12 bits per heavy atom. The zero-order chi connectivity index (χ0) is 17.7. The molecule has 0 spiro atoms. The third kappa shape index (κ3) is 4.49. The van der Waals surface area contributed by atoms with E-state index < -0.39 is 6.10 Å². The molecule has 1 atom stereocenters. The zero-order valence-corrected chi connectivity index (χ0v) is 14.5. The number of carbonyl (C=O) groups is 1. The van der Waals surface area contributed by atoms with E-state index in [-0.39, 0.29) is 12.6 Å². The van der Waals surface area contributed by atoms with Crippen molar-refractivity contribution in [1.29, 1.82) is 0 Å². The first-order valence-corrected chi connectivity index (χ1v) is 7.85. The van der Waals surface area contributed by atoms with Gasteiger partial charge >= 0.3 is 6.03 Å². The predicted octanol–water partition coefficient (Wildman–Crippen LogP) is 3.48. The molecule has 0 bridgehead atoms. The first-order valence-electron chi connectivity index (χ1n) is 7.85. The Balaban J connectivity index is 1.93. The number of ether oxygens (including phenoxy) is 1. The Hall–Kier alpha value is -2.53. The largest absolute Gasteiger partial charge is 0.497 e. The Morgan fingerprint density at radius 3 is 2.25 bits per heavy atom. The van der Waals surface area contributed by atoms with Gasteiger partial charge < -0.3 is 20.5 Å². The molecule has 0 radical (unpaired) electrons. The molecule has 0 aliphatic heterocycles. The van der Waals surface area contributed by atoms with Gasteiger partial charge in [0.05, 0.1) is 13.2 Å². The van der Waals surface area contributed by atoms with Gasteiger partial charge in [0.1, 0.15) is 5.75 Å². The van der Waals surface area contributed by atoms with Crippen molar-refractivity contribution in [1.82, 2.24) is 5.32 Å². The van der Waals surface area contributed by atoms with Gasteiger partial charge in [0, 0.05) is 12.2 Å². The van der Waals surface area contributed by atoms with Crippen molar-refractivity contribution in [3.63, 3.8) is 0 Å². The summed E-state index contributed by atoms with van der Waals surface area (Å²) in [5.41, 5.74) is 4.71. The molecule has 0 saturated heterocycles. The fourth-order valence-corrected chi connectivity index (χ4v) is 2.67. The third-order valence-electron chi connectivity index (χ3n) is 3.87. The van der Waals surface area contributed by atoms with E-state index in [0.717, 1.165) is 33.7 Å². The lowest BCUT2D eigenvalue weighted by Gasteiger charge is -2.16. The molecule has 2 amide bonds. The van der Waals surface area contributed by atoms with Crippen LogP contribution in [0.1, 0.15) is 28.4 Å². The number of methoxy groups -OCH3 is 1. The number of hydrogen-bond acceptors (Lipinski definition) is 3. The van der Waals surface area contributed by atoms with Gasteiger partial charge in [-0.3, -0.25) is 0 Å². The quantitative estimate of drug-likeness (QED) is 0.787. The lowest BCUT2D eigenvalue weighted by Crippen LogP contribution is -2.32. The van der Waals surface area contributed by atoms with Gasteiger partial charge in [-0.15, -0.1) is 0 Å². The first-order chi connectivity index (χ1) is 11.4. The van der Waals surface area contributed by atoms with Crippen LogP contribution in [0.2, 0.25) is 0 Å². The van der Waals surface area contributed by atoms with Gasteiger partial charge in [0.15, 0.2) is 0 Å². The summed E-state index contributed by atoms with van der Waals surface area (Å²) in [5, 5.41) is 15.7. The summed E-state index contributed by atoms with van der Waals surface area (Å²) in [6.07, 6.45) is -0.776. The van der Waals surface area contributed by atoms with Crippen molar-refractivity contribution < 1.29 is 14.6 Å². The highest BCUT2D eigenvalue weighted by atomic mass is 16.5. The number of amides is 2. The maximum absolute atomic E-state index is 12.1. The van der Waals surface area contributed by atoms with Crippen LogP contribution in [0.4, 0.5) is 10.5 Å². The minimum absolute atomic E-state index is 0.127. The summed E-state index contributed by atoms with van der Waals surface area (Å²) >= 11 is 0. The molecule has 5 heteroatoms. The van der Waals surface area contributed by atoms with Gasteiger partial charge in [0.2, 0.25) is 0 Å². The molecule has 2 aromatic rings. The van der Waals surface area contributed by atoms with Gasteiger partial charge in [-0.1, -0.05) is 29.8 Å². The number of urea groups is 1. The van der Waals surface area contributed by atoms with E-state index in [4.69, 9.17) is 4.74 Å². The second kappa shape index (κ2) is 7.84. The van der Waals surface area contributed by atoms with Crippen LogP contribution in [0.5, 0.6) is 5.75 Å². The SMILES string of the molecule is COc1ccc([C@@H](O)CNC(=O)Nc2c(C)cc(C)cc2C)cc1. The molecule has 0 saturated carbocycles. The topological polar surface area (TPSA) is 70.6 Å². The molecule has 128 valence electrons. The lowest BCUT2D eigenvalue weighted by atomic mass is 10.1. The van der Waals surface area contributed by atoms with E-state index >= 15 is 0 Å². The highest BCUT2D eigenvalue weighted by molar-refractivity contribution is 5.91. The molecule has 0 unspecified atom stereocenters. The van der Waals surface area contributed by atoms with E-state index in [9.17, 15) is 9.90 Å². The number of rotatable bonds is 5. The summed E-state index contributed by atoms with van der Waals surface area (Å²) in [4.78, 5) is 12.1. The van der Waals surface area contributed by atoms with Crippen LogP contribution < -0.4 is 15.4 Å². The summed E-state index contributed by atoms with van der Waals surface area (Å²) in [6.45, 7) is 6.07. The highest BCUT2D eigenvalue weighted by Gasteiger charge is 2.11. The zero-order valence-electron chi connectivity index (χ0n) is 14.5. The van der Waals surface area contributed by atoms with E-state index in [1.54, 1.807) is 31.4 Å². The number of aryl methyl sites for hydroxylation is 3. The molecule has 2 rings (SSSR count). The van der Waals surface area contributed by atoms with Crippen molar-refractivity contribution in [3.05, 3.63) is 58.7 Å². The number of aliphatic hydroxyl groups is 1. The number of hydrogen-bond donors (Lipinski definition) is 3. The number of benzene rings is 2. The van der Waals surface area contributed by atoms with Gasteiger partial charge in [0.25, 0.3) is 0 Å². The number of carbonyl (C=O) groups excluding carboxylic acids is 1. The van der Waals surface area contributed by atoms with Crippen LogP contribution >= 0.6 is 0 Å². The van der Waals surface area contributed by atoms with E-state index in [1.807, 2.05) is 32.9 Å². The average Bonchev–Trinajstić information content (AvgIpc) is 2.56. The van der Waals surface area contributed by atoms with E-state index in [2.05, 4.69) is 10.6 Å². The highest BCUT2D eigenvalue weighted by Crippen LogP contribution is 2.22. The van der Waals surface area contributed by atoms with Crippen molar-refractivity contribution in [2.24, 2.45) is 0 Å². The maximum Gasteiger partial charge on any atom is 0.319 e. The first kappa shape index (κ1) is 17.8. The molecule has 0 heterocycles. The Kier molecular flexibility index (Phi) is 5.82. The maximum atomic E-state index is 12.1. The lowest BCUT2D eigenvalue weighted by molar-refractivity contribution is 0.175. The molecule has 3 N–H and O–H groups in total. The van der Waals surface area contributed by atoms with Crippen LogP contribution in [0.3, 0.4) is 0 Å². The molecular weight excluding hydrogens is 304 g/mol. The predicted molar refractivity (Wildman–Crippen MR) is 95.6 cm³/mol. The van der Waals surface area contributed by atoms with Crippen LogP contribution in [0.25, 0.3) is 0 Å². The Morgan fingerprint density at radius 2 is 1.71 bits per heavy atom. The van der Waals surface area contributed by atoms with E-state index in [0.29, 0.717) is 0 Å². The molecule has 0 aromatic heterocycles. The van der Waals surface area contributed by atoms with Crippen LogP contribution in [0.15, 0.2) is 36.4 Å². The summed E-state index contributed by atoms with van der Waals surface area (Å²) in [5.74, 6) is 0.724. The summed E-state index contributed by atoms with van der Waals surface area (Å²) in [7, 11) is 1.59. The number of anilines is 1. The molecule has 5 nitrogen and oxygen atoms in total. The van der Waals surface area contributed by atoms with Crippen molar-refractivity contribution >= 4 is 11.7 Å². The van der Waals surface area contributed by atoms with Crippen LogP contribution in [0, 0.1) is 20.8 Å². The average molecular weight is 328 g/mol. The minimum atomic E-state index is -0.776. The van der Waals surface area contributed by atoms with Gasteiger partial charge in [-0.05, 0) is 49.6 Å². The fourth-order valence-electron chi connectivity index (χ4n) is 2.67. The normalized spacial score (nSPS) is 11.7. The smallest absolute Gasteiger partial charge is 0.319 e. The monoisotopic (exact) mass is 328 g/mol. The fraction of sp³-hybridized carbons (Fsp3) is 0.316. The standard InChI is InChI=1S/C19H24N2O3/c1-12-9-13(2)18(14(3)10-12)21-19(23)20-11-17(22)15-5-7-16(24-4)8-6-15/h5-10,17,22H,11H2,1-4H3,(H2,20,21,23)/t17-/m0/s1. The van der Waals surface area contributed by atoms with Crippen molar-refractivity contribution in [3.8, 4) is 5.75 Å². The Labute approximate surface area is 142 Å². The van der Waals surface area contributed by atoms with Crippen molar-refractivity contribution in [2.75, 3.05) is 19.0 Å². The van der Waals surface area contributed by atoms with Crippen LogP contribution in [-0.2, 0) is 0 Å². The molecule has 2 aromatic carbocycles. The molecule has 0 aliphatic carbocycles. The molecule has 0 fully saturated rings.